The molecule has 13 heavy (non-hydrogen) atoms. The summed E-state index contributed by atoms with van der Waals surface area (Å²) >= 11 is 0. The fourth-order valence-electron chi connectivity index (χ4n) is 0.928. The maximum absolute atomic E-state index is 11.4. The van der Waals surface area contributed by atoms with Gasteiger partial charge in [0, 0.05) is 0 Å². The van der Waals surface area contributed by atoms with Gasteiger partial charge in [0.1, 0.15) is 6.04 Å². The van der Waals surface area contributed by atoms with E-state index in [0.29, 0.717) is 12.5 Å². The van der Waals surface area contributed by atoms with Crippen LogP contribution in [0.5, 0.6) is 0 Å². The predicted octanol–water partition coefficient (Wildman–Crippen LogP) is 1.31. The van der Waals surface area contributed by atoms with Crippen LogP contribution in [-0.2, 0) is 9.53 Å². The third-order valence-electron chi connectivity index (χ3n) is 2.35. The quantitative estimate of drug-likeness (QED) is 0.674. The Balaban J connectivity index is 2.28. The summed E-state index contributed by atoms with van der Waals surface area (Å²) in [6.45, 7) is 6.38. The van der Waals surface area contributed by atoms with Crippen LogP contribution in [0.1, 0.15) is 33.6 Å². The topological polar surface area (TPSA) is 52.3 Å². The molecule has 1 fully saturated rings. The molecule has 1 aliphatic carbocycles. The molecule has 1 aliphatic rings. The van der Waals surface area contributed by atoms with Crippen LogP contribution in [-0.4, -0.2) is 18.6 Å². The molecule has 0 aromatic carbocycles. The van der Waals surface area contributed by atoms with Crippen LogP contribution in [0.3, 0.4) is 0 Å². The molecule has 3 heteroatoms. The molecule has 0 radical (unpaired) electrons. The average molecular weight is 185 g/mol. The van der Waals surface area contributed by atoms with E-state index in [0.717, 1.165) is 0 Å². The predicted molar refractivity (Wildman–Crippen MR) is 51.1 cm³/mol. The Labute approximate surface area is 79.6 Å². The van der Waals surface area contributed by atoms with Crippen LogP contribution in [0, 0.1) is 11.3 Å². The maximum Gasteiger partial charge on any atom is 0.323 e. The van der Waals surface area contributed by atoms with Gasteiger partial charge in [0.25, 0.3) is 0 Å². The third kappa shape index (κ3) is 3.35. The van der Waals surface area contributed by atoms with E-state index in [1.54, 1.807) is 0 Å². The zero-order valence-corrected chi connectivity index (χ0v) is 8.67. The smallest absolute Gasteiger partial charge is 0.323 e. The Morgan fingerprint density at radius 1 is 1.54 bits per heavy atom. The first-order valence-electron chi connectivity index (χ1n) is 4.83. The molecule has 0 heterocycles. The Hall–Kier alpha value is -0.570. The number of esters is 1. The van der Waals surface area contributed by atoms with Gasteiger partial charge in [-0.1, -0.05) is 20.8 Å². The highest BCUT2D eigenvalue weighted by molar-refractivity contribution is 5.76. The Morgan fingerprint density at radius 3 is 2.46 bits per heavy atom. The Kier molecular flexibility index (Phi) is 2.96. The minimum atomic E-state index is -0.508. The molecule has 1 rings (SSSR count). The van der Waals surface area contributed by atoms with E-state index in [9.17, 15) is 4.79 Å². The number of hydrogen-bond donors (Lipinski definition) is 1. The van der Waals surface area contributed by atoms with E-state index in [-0.39, 0.29) is 11.4 Å². The normalized spacial score (nSPS) is 19.7. The van der Waals surface area contributed by atoms with Crippen molar-refractivity contribution in [1.82, 2.24) is 0 Å². The second kappa shape index (κ2) is 3.66. The van der Waals surface area contributed by atoms with E-state index in [1.165, 1.54) is 12.8 Å². The van der Waals surface area contributed by atoms with Crippen molar-refractivity contribution in [2.24, 2.45) is 17.1 Å². The highest BCUT2D eigenvalue weighted by Crippen LogP contribution is 2.29. The fraction of sp³-hybridized carbons (Fsp3) is 0.900. The van der Waals surface area contributed by atoms with Crippen molar-refractivity contribution in [1.29, 1.82) is 0 Å². The van der Waals surface area contributed by atoms with E-state index >= 15 is 0 Å². The fourth-order valence-corrected chi connectivity index (χ4v) is 0.928. The minimum Gasteiger partial charge on any atom is -0.464 e. The van der Waals surface area contributed by atoms with Crippen LogP contribution in [0.2, 0.25) is 0 Å². The molecule has 1 atom stereocenters. The third-order valence-corrected chi connectivity index (χ3v) is 2.35. The summed E-state index contributed by atoms with van der Waals surface area (Å²) in [5.41, 5.74) is 5.52. The molecule has 0 aromatic rings. The Morgan fingerprint density at radius 2 is 2.08 bits per heavy atom. The van der Waals surface area contributed by atoms with Crippen molar-refractivity contribution < 1.29 is 9.53 Å². The van der Waals surface area contributed by atoms with Gasteiger partial charge in [-0.2, -0.15) is 0 Å². The lowest BCUT2D eigenvalue weighted by Gasteiger charge is -2.24. The molecule has 0 unspecified atom stereocenters. The van der Waals surface area contributed by atoms with Crippen LogP contribution in [0.4, 0.5) is 0 Å². The van der Waals surface area contributed by atoms with Crippen LogP contribution in [0.15, 0.2) is 0 Å². The molecule has 1 saturated carbocycles. The summed E-state index contributed by atoms with van der Waals surface area (Å²) in [6.07, 6.45) is 2.38. The van der Waals surface area contributed by atoms with Crippen molar-refractivity contribution in [2.45, 2.75) is 39.7 Å². The van der Waals surface area contributed by atoms with Gasteiger partial charge < -0.3 is 10.5 Å². The van der Waals surface area contributed by atoms with Gasteiger partial charge in [0.05, 0.1) is 6.61 Å². The number of ether oxygens (including phenoxy) is 1. The van der Waals surface area contributed by atoms with Crippen LogP contribution in [0.25, 0.3) is 0 Å². The largest absolute Gasteiger partial charge is 0.464 e. The van der Waals surface area contributed by atoms with Crippen LogP contribution >= 0.6 is 0 Å². The van der Waals surface area contributed by atoms with E-state index in [1.807, 2.05) is 20.8 Å². The number of carbonyl (C=O) groups is 1. The molecular weight excluding hydrogens is 166 g/mol. The summed E-state index contributed by atoms with van der Waals surface area (Å²) in [5, 5.41) is 0. The lowest BCUT2D eigenvalue weighted by Crippen LogP contribution is -2.43. The molecule has 2 N–H and O–H groups in total. The molecule has 0 saturated heterocycles. The molecule has 0 bridgehead atoms. The second-order valence-corrected chi connectivity index (χ2v) is 4.92. The van der Waals surface area contributed by atoms with E-state index < -0.39 is 6.04 Å². The first-order chi connectivity index (χ1) is 5.91. The average Bonchev–Trinajstić information content (AvgIpc) is 2.80. The molecule has 0 aromatic heterocycles. The summed E-state index contributed by atoms with van der Waals surface area (Å²) in [7, 11) is 0. The highest BCUT2D eigenvalue weighted by atomic mass is 16.5. The lowest BCUT2D eigenvalue weighted by molar-refractivity contribution is -0.148. The van der Waals surface area contributed by atoms with Gasteiger partial charge >= 0.3 is 5.97 Å². The SMILES string of the molecule is CC(C)(C)[C@@H](N)C(=O)OCC1CC1. The maximum atomic E-state index is 11.4. The van der Waals surface area contributed by atoms with Crippen molar-refractivity contribution in [3.05, 3.63) is 0 Å². The van der Waals surface area contributed by atoms with Crippen molar-refractivity contribution in [3.8, 4) is 0 Å². The highest BCUT2D eigenvalue weighted by Gasteiger charge is 2.30. The zero-order chi connectivity index (χ0) is 10.1. The Bertz CT molecular complexity index is 192. The first kappa shape index (κ1) is 10.5. The molecule has 0 aliphatic heterocycles. The van der Waals surface area contributed by atoms with Crippen molar-refractivity contribution >= 4 is 5.97 Å². The number of hydrogen-bond acceptors (Lipinski definition) is 3. The van der Waals surface area contributed by atoms with Gasteiger partial charge in [-0.15, -0.1) is 0 Å². The summed E-state index contributed by atoms with van der Waals surface area (Å²) in [6, 6.07) is -0.508. The molecule has 0 amide bonds. The van der Waals surface area contributed by atoms with E-state index in [4.69, 9.17) is 10.5 Å². The van der Waals surface area contributed by atoms with Gasteiger partial charge in [-0.25, -0.2) is 0 Å². The number of nitrogens with two attached hydrogens (primary N) is 1. The summed E-state index contributed by atoms with van der Waals surface area (Å²) in [5.74, 6) is 0.343. The first-order valence-corrected chi connectivity index (χ1v) is 4.83. The monoisotopic (exact) mass is 185 g/mol. The van der Waals surface area contributed by atoms with Crippen molar-refractivity contribution in [2.75, 3.05) is 6.61 Å². The lowest BCUT2D eigenvalue weighted by atomic mass is 9.87. The van der Waals surface area contributed by atoms with Crippen molar-refractivity contribution in [3.63, 3.8) is 0 Å². The van der Waals surface area contributed by atoms with E-state index in [2.05, 4.69) is 0 Å². The molecule has 0 spiro atoms. The van der Waals surface area contributed by atoms with Gasteiger partial charge in [0.2, 0.25) is 0 Å². The molecule has 3 nitrogen and oxygen atoms in total. The summed E-state index contributed by atoms with van der Waals surface area (Å²) < 4.78 is 5.09. The minimum absolute atomic E-state index is 0.208. The van der Waals surface area contributed by atoms with Crippen LogP contribution < -0.4 is 5.73 Å². The van der Waals surface area contributed by atoms with Gasteiger partial charge in [0.15, 0.2) is 0 Å². The summed E-state index contributed by atoms with van der Waals surface area (Å²) in [4.78, 5) is 11.4. The van der Waals surface area contributed by atoms with Gasteiger partial charge in [-0.3, -0.25) is 4.79 Å². The molecule has 76 valence electrons. The molecular formula is C10H19NO2. The van der Waals surface area contributed by atoms with Gasteiger partial charge in [-0.05, 0) is 24.2 Å². The number of rotatable bonds is 3. The number of carbonyl (C=O) groups excluding carboxylic acids is 1. The second-order valence-electron chi connectivity index (χ2n) is 4.92. The standard InChI is InChI=1S/C10H19NO2/c1-10(2,3)8(11)9(12)13-6-7-4-5-7/h7-8H,4-6,11H2,1-3H3/t8-/m0/s1. The zero-order valence-electron chi connectivity index (χ0n) is 8.67.